The molecule has 152 valence electrons. The van der Waals surface area contributed by atoms with Crippen LogP contribution in [0.1, 0.15) is 6.92 Å². The van der Waals surface area contributed by atoms with E-state index in [-0.39, 0.29) is 10.8 Å². The highest BCUT2D eigenvalue weighted by Gasteiger charge is 2.31. The molecule has 1 amide bonds. The normalized spacial score (nSPS) is 13.1. The van der Waals surface area contributed by atoms with Crippen molar-refractivity contribution in [3.8, 4) is 5.75 Å². The van der Waals surface area contributed by atoms with E-state index in [2.05, 4.69) is 5.32 Å². The highest BCUT2D eigenvalue weighted by atomic mass is 35.5. The third-order valence-corrected chi connectivity index (χ3v) is 5.81. The van der Waals surface area contributed by atoms with Crippen LogP contribution in [0.5, 0.6) is 5.75 Å². The van der Waals surface area contributed by atoms with Crippen LogP contribution in [0.3, 0.4) is 0 Å². The first kappa shape index (κ1) is 23.1. The van der Waals surface area contributed by atoms with Gasteiger partial charge < -0.3 is 19.9 Å². The minimum Gasteiger partial charge on any atom is -0.490 e. The van der Waals surface area contributed by atoms with Gasteiger partial charge in [0, 0.05) is 28.8 Å². The lowest BCUT2D eigenvalue weighted by Crippen LogP contribution is -2.42. The zero-order valence-electron chi connectivity index (χ0n) is 15.3. The van der Waals surface area contributed by atoms with E-state index in [1.54, 1.807) is 19.2 Å². The second-order valence-corrected chi connectivity index (χ2v) is 8.37. The molecule has 0 aliphatic carbocycles. The molecule has 0 fully saturated rings. The van der Waals surface area contributed by atoms with Gasteiger partial charge in [0.05, 0.1) is 22.3 Å². The van der Waals surface area contributed by atoms with Crippen LogP contribution in [-0.2, 0) is 9.53 Å². The number of hydrogen-bond acceptors (Lipinski definition) is 5. The monoisotopic (exact) mass is 463 g/mol. The van der Waals surface area contributed by atoms with E-state index in [9.17, 15) is 9.90 Å². The van der Waals surface area contributed by atoms with Crippen LogP contribution in [0.15, 0.2) is 41.3 Å². The van der Waals surface area contributed by atoms with E-state index >= 15 is 0 Å². The predicted molar refractivity (Wildman–Crippen MR) is 115 cm³/mol. The fourth-order valence-electron chi connectivity index (χ4n) is 2.05. The summed E-state index contributed by atoms with van der Waals surface area (Å²) in [4.78, 5) is 13.5. The summed E-state index contributed by atoms with van der Waals surface area (Å²) >= 11 is 19.5. The molecule has 0 heterocycles. The SMILES string of the molecule is COCCOc1cc(NC(=O)[C@@](C)(O)CSc2ccc(Cl)cc2)c(Cl)cc1Cl. The summed E-state index contributed by atoms with van der Waals surface area (Å²) in [6.45, 7) is 2.11. The van der Waals surface area contributed by atoms with Crippen molar-refractivity contribution in [2.24, 2.45) is 0 Å². The maximum absolute atomic E-state index is 12.6. The van der Waals surface area contributed by atoms with Gasteiger partial charge in [0.1, 0.15) is 18.0 Å². The number of carbonyl (C=O) groups excluding carboxylic acids is 1. The maximum Gasteiger partial charge on any atom is 0.256 e. The van der Waals surface area contributed by atoms with Crippen LogP contribution in [0.25, 0.3) is 0 Å². The zero-order chi connectivity index (χ0) is 20.7. The molecule has 0 radical (unpaired) electrons. The van der Waals surface area contributed by atoms with E-state index in [1.165, 1.54) is 30.8 Å². The van der Waals surface area contributed by atoms with E-state index in [4.69, 9.17) is 44.3 Å². The number of anilines is 1. The van der Waals surface area contributed by atoms with Gasteiger partial charge in [-0.25, -0.2) is 0 Å². The lowest BCUT2D eigenvalue weighted by molar-refractivity contribution is -0.130. The summed E-state index contributed by atoms with van der Waals surface area (Å²) in [5.74, 6) is -0.0994. The van der Waals surface area contributed by atoms with Crippen molar-refractivity contribution in [2.75, 3.05) is 31.4 Å². The number of methoxy groups -OCH3 is 1. The number of amides is 1. The van der Waals surface area contributed by atoms with Gasteiger partial charge >= 0.3 is 0 Å². The number of nitrogens with one attached hydrogen (secondary N) is 1. The van der Waals surface area contributed by atoms with Crippen molar-refractivity contribution >= 4 is 58.2 Å². The van der Waals surface area contributed by atoms with Crippen molar-refractivity contribution in [1.29, 1.82) is 0 Å². The fourth-order valence-corrected chi connectivity index (χ4v) is 3.57. The van der Waals surface area contributed by atoms with Crippen molar-refractivity contribution in [2.45, 2.75) is 17.4 Å². The van der Waals surface area contributed by atoms with E-state index in [0.717, 1.165) is 4.90 Å². The zero-order valence-corrected chi connectivity index (χ0v) is 18.4. The van der Waals surface area contributed by atoms with E-state index < -0.39 is 11.5 Å². The molecule has 1 atom stereocenters. The van der Waals surface area contributed by atoms with Gasteiger partial charge in [-0.3, -0.25) is 4.79 Å². The molecule has 2 aromatic carbocycles. The second kappa shape index (κ2) is 10.6. The van der Waals surface area contributed by atoms with Crippen LogP contribution in [0.4, 0.5) is 5.69 Å². The minimum atomic E-state index is -1.63. The number of ether oxygens (including phenoxy) is 2. The number of thioether (sulfide) groups is 1. The first-order valence-electron chi connectivity index (χ1n) is 8.26. The Kier molecular flexibility index (Phi) is 8.74. The lowest BCUT2D eigenvalue weighted by Gasteiger charge is -2.22. The Morgan fingerprint density at radius 2 is 1.82 bits per heavy atom. The largest absolute Gasteiger partial charge is 0.490 e. The topological polar surface area (TPSA) is 67.8 Å². The molecule has 9 heteroatoms. The van der Waals surface area contributed by atoms with Gasteiger partial charge in [0.2, 0.25) is 0 Å². The average Bonchev–Trinajstić information content (AvgIpc) is 2.65. The number of hydrogen-bond donors (Lipinski definition) is 2. The predicted octanol–water partition coefficient (Wildman–Crippen LogP) is 5.15. The molecular weight excluding hydrogens is 445 g/mol. The third-order valence-electron chi connectivity index (χ3n) is 3.64. The number of halogens is 3. The molecule has 5 nitrogen and oxygen atoms in total. The molecule has 0 aromatic heterocycles. The van der Waals surface area contributed by atoms with Gasteiger partial charge in [-0.1, -0.05) is 34.8 Å². The van der Waals surface area contributed by atoms with Crippen molar-refractivity contribution in [3.05, 3.63) is 51.5 Å². The molecular formula is C19H20Cl3NO4S. The molecule has 0 saturated heterocycles. The van der Waals surface area contributed by atoms with Crippen molar-refractivity contribution in [3.63, 3.8) is 0 Å². The van der Waals surface area contributed by atoms with Gasteiger partial charge in [0.15, 0.2) is 0 Å². The molecule has 2 N–H and O–H groups in total. The van der Waals surface area contributed by atoms with Crippen LogP contribution in [0, 0.1) is 0 Å². The fraction of sp³-hybridized carbons (Fsp3) is 0.316. The number of rotatable bonds is 9. The molecule has 0 unspecified atom stereocenters. The van der Waals surface area contributed by atoms with Gasteiger partial charge in [-0.2, -0.15) is 0 Å². The summed E-state index contributed by atoms with van der Waals surface area (Å²) in [7, 11) is 1.56. The lowest BCUT2D eigenvalue weighted by atomic mass is 10.1. The minimum absolute atomic E-state index is 0.142. The summed E-state index contributed by atoms with van der Waals surface area (Å²) < 4.78 is 10.4. The van der Waals surface area contributed by atoms with Crippen molar-refractivity contribution in [1.82, 2.24) is 0 Å². The Labute approximate surface area is 183 Å². The Morgan fingerprint density at radius 3 is 2.46 bits per heavy atom. The molecule has 0 bridgehead atoms. The average molecular weight is 465 g/mol. The Bertz CT molecular complexity index is 816. The van der Waals surface area contributed by atoms with E-state index in [1.807, 2.05) is 12.1 Å². The molecule has 2 rings (SSSR count). The molecule has 0 aliphatic rings. The molecule has 28 heavy (non-hydrogen) atoms. The summed E-state index contributed by atoms with van der Waals surface area (Å²) in [5.41, 5.74) is -1.34. The molecule has 2 aromatic rings. The summed E-state index contributed by atoms with van der Waals surface area (Å²) in [6, 6.07) is 10.1. The Balaban J connectivity index is 2.05. The number of aliphatic hydroxyl groups is 1. The third kappa shape index (κ3) is 6.72. The van der Waals surface area contributed by atoms with Crippen LogP contribution < -0.4 is 10.1 Å². The van der Waals surface area contributed by atoms with E-state index in [0.29, 0.717) is 34.7 Å². The Hall–Kier alpha value is -1.15. The van der Waals surface area contributed by atoms with Crippen LogP contribution >= 0.6 is 46.6 Å². The van der Waals surface area contributed by atoms with Crippen LogP contribution in [-0.4, -0.2) is 42.7 Å². The molecule has 0 spiro atoms. The first-order chi connectivity index (χ1) is 13.2. The first-order valence-corrected chi connectivity index (χ1v) is 10.4. The smallest absolute Gasteiger partial charge is 0.256 e. The second-order valence-electron chi connectivity index (χ2n) is 6.07. The van der Waals surface area contributed by atoms with Crippen molar-refractivity contribution < 1.29 is 19.4 Å². The summed E-state index contributed by atoms with van der Waals surface area (Å²) in [6.07, 6.45) is 0. The van der Waals surface area contributed by atoms with Gasteiger partial charge in [-0.05, 0) is 37.3 Å². The highest BCUT2D eigenvalue weighted by molar-refractivity contribution is 7.99. The highest BCUT2D eigenvalue weighted by Crippen LogP contribution is 2.35. The Morgan fingerprint density at radius 1 is 1.14 bits per heavy atom. The summed E-state index contributed by atoms with van der Waals surface area (Å²) in [5, 5.41) is 14.4. The van der Waals surface area contributed by atoms with Gasteiger partial charge in [-0.15, -0.1) is 11.8 Å². The maximum atomic E-state index is 12.6. The quantitative estimate of drug-likeness (QED) is 0.396. The van der Waals surface area contributed by atoms with Gasteiger partial charge in [0.25, 0.3) is 5.91 Å². The molecule has 0 saturated carbocycles. The number of carbonyl (C=O) groups is 1. The van der Waals surface area contributed by atoms with Crippen LogP contribution in [0.2, 0.25) is 15.1 Å². The standard InChI is InChI=1S/C19H20Cl3NO4S/c1-19(25,11-28-13-5-3-12(20)4-6-13)18(24)23-16-10-17(27-8-7-26-2)15(22)9-14(16)21/h3-6,9-10,25H,7-8,11H2,1-2H3,(H,23,24)/t19-/m0/s1. The number of benzene rings is 2. The molecule has 0 aliphatic heterocycles.